The Morgan fingerprint density at radius 3 is 2.32 bits per heavy atom. The van der Waals surface area contributed by atoms with Crippen molar-refractivity contribution in [1.82, 2.24) is 0 Å². The fourth-order valence-corrected chi connectivity index (χ4v) is 2.53. The average Bonchev–Trinajstić information content (AvgIpc) is 2.73. The van der Waals surface area contributed by atoms with Crippen molar-refractivity contribution in [3.63, 3.8) is 0 Å². The first-order valence-electron chi connectivity index (χ1n) is 6.67. The molecule has 0 amide bonds. The number of carboxylic acid groups (broad SMARTS) is 1. The zero-order valence-electron chi connectivity index (χ0n) is 11.7. The smallest absolute Gasteiger partial charge is 0.305 e. The van der Waals surface area contributed by atoms with Crippen LogP contribution in [0.1, 0.15) is 46.0 Å². The molecule has 0 bridgehead atoms. The third-order valence-electron chi connectivity index (χ3n) is 3.55. The van der Waals surface area contributed by atoms with Gasteiger partial charge in [-0.1, -0.05) is 25.0 Å². The lowest BCUT2D eigenvalue weighted by molar-refractivity contribution is -0.140. The van der Waals surface area contributed by atoms with Crippen molar-refractivity contribution in [2.75, 3.05) is 0 Å². The van der Waals surface area contributed by atoms with Gasteiger partial charge >= 0.3 is 5.97 Å². The first-order chi connectivity index (χ1) is 8.66. The molecule has 0 spiro atoms. The molecule has 108 valence electrons. The van der Waals surface area contributed by atoms with Gasteiger partial charge in [-0.25, -0.2) is 0 Å². The molecule has 19 heavy (non-hydrogen) atoms. The molecule has 0 saturated heterocycles. The highest BCUT2D eigenvalue weighted by molar-refractivity contribution is 5.94. The summed E-state index contributed by atoms with van der Waals surface area (Å²) in [6.07, 6.45) is 6.73. The van der Waals surface area contributed by atoms with Gasteiger partial charge in [-0.3, -0.25) is 9.59 Å². The van der Waals surface area contributed by atoms with Gasteiger partial charge < -0.3 is 16.6 Å². The van der Waals surface area contributed by atoms with Crippen molar-refractivity contribution in [2.24, 2.45) is 16.9 Å². The number of ketones is 1. The molecule has 1 aliphatic rings. The first-order valence-corrected chi connectivity index (χ1v) is 6.67. The van der Waals surface area contributed by atoms with Crippen LogP contribution >= 0.6 is 0 Å². The quantitative estimate of drug-likeness (QED) is 0.628. The summed E-state index contributed by atoms with van der Waals surface area (Å²) in [4.78, 5) is 23.1. The number of aliphatic carboxylic acids is 1. The van der Waals surface area contributed by atoms with Crippen molar-refractivity contribution in [1.29, 1.82) is 0 Å². The van der Waals surface area contributed by atoms with E-state index in [2.05, 4.69) is 0 Å². The number of carboxylic acids is 1. The molecule has 0 heterocycles. The van der Waals surface area contributed by atoms with Crippen LogP contribution in [0, 0.1) is 5.41 Å². The molecule has 5 heteroatoms. The van der Waals surface area contributed by atoms with E-state index in [0.29, 0.717) is 0 Å². The van der Waals surface area contributed by atoms with Crippen LogP contribution in [0.2, 0.25) is 0 Å². The number of hydrogen-bond acceptors (Lipinski definition) is 4. The molecule has 0 aromatic carbocycles. The number of allylic oxidation sites excluding steroid dienone is 1. The second kappa shape index (κ2) is 5.84. The van der Waals surface area contributed by atoms with Crippen LogP contribution in [-0.2, 0) is 9.59 Å². The Balaban J connectivity index is 2.90. The molecular formula is C14H24N2O3. The standard InChI is InChI=1S/C14H24N2O3/c1-13(2,16)7-8-14(5-3-4-6-14)12(19)10(15)9-11(17)18/h7-8,10H,3-6,9,15-16H2,1-2H3,(H,17,18)/t10-/m0/s1. The van der Waals surface area contributed by atoms with Gasteiger partial charge in [0.2, 0.25) is 0 Å². The van der Waals surface area contributed by atoms with Gasteiger partial charge in [0.25, 0.3) is 0 Å². The number of rotatable bonds is 6. The molecule has 0 aliphatic heterocycles. The summed E-state index contributed by atoms with van der Waals surface area (Å²) < 4.78 is 0. The van der Waals surface area contributed by atoms with Gasteiger partial charge in [0.15, 0.2) is 5.78 Å². The van der Waals surface area contributed by atoms with Crippen molar-refractivity contribution >= 4 is 11.8 Å². The minimum atomic E-state index is -1.04. The van der Waals surface area contributed by atoms with E-state index in [1.165, 1.54) is 0 Å². The predicted molar refractivity (Wildman–Crippen MR) is 73.5 cm³/mol. The molecular weight excluding hydrogens is 244 g/mol. The second-order valence-corrected chi connectivity index (χ2v) is 6.09. The fourth-order valence-electron chi connectivity index (χ4n) is 2.53. The Bertz CT molecular complexity index is 377. The van der Waals surface area contributed by atoms with Crippen LogP contribution in [0.5, 0.6) is 0 Å². The van der Waals surface area contributed by atoms with E-state index in [0.717, 1.165) is 25.7 Å². The summed E-state index contributed by atoms with van der Waals surface area (Å²) in [6, 6.07) is -0.943. The third kappa shape index (κ3) is 4.44. The average molecular weight is 268 g/mol. The summed E-state index contributed by atoms with van der Waals surface area (Å²) in [7, 11) is 0. The molecule has 0 unspecified atom stereocenters. The Kier molecular flexibility index (Phi) is 4.87. The SMILES string of the molecule is CC(C)(N)C=CC1(C(=O)[C@@H](N)CC(=O)O)CCCC1. The lowest BCUT2D eigenvalue weighted by atomic mass is 9.77. The van der Waals surface area contributed by atoms with Gasteiger partial charge in [0, 0.05) is 11.0 Å². The Hall–Kier alpha value is -1.20. The number of carbonyl (C=O) groups excluding carboxylic acids is 1. The Morgan fingerprint density at radius 1 is 1.37 bits per heavy atom. The van der Waals surface area contributed by atoms with Gasteiger partial charge in [-0.05, 0) is 26.7 Å². The van der Waals surface area contributed by atoms with E-state index in [-0.39, 0.29) is 12.2 Å². The summed E-state index contributed by atoms with van der Waals surface area (Å²) in [5, 5.41) is 8.75. The molecule has 5 nitrogen and oxygen atoms in total. The number of nitrogens with two attached hydrogens (primary N) is 2. The van der Waals surface area contributed by atoms with Crippen LogP contribution in [0.4, 0.5) is 0 Å². The van der Waals surface area contributed by atoms with Crippen LogP contribution < -0.4 is 11.5 Å². The maximum atomic E-state index is 12.4. The topological polar surface area (TPSA) is 106 Å². The predicted octanol–water partition coefficient (Wildman–Crippen LogP) is 1.21. The Labute approximate surface area is 114 Å². The van der Waals surface area contributed by atoms with Crippen LogP contribution in [0.15, 0.2) is 12.2 Å². The van der Waals surface area contributed by atoms with Crippen LogP contribution in [0.3, 0.4) is 0 Å². The van der Waals surface area contributed by atoms with Gasteiger partial charge in [0.05, 0.1) is 12.5 Å². The highest BCUT2D eigenvalue weighted by atomic mass is 16.4. The number of Topliss-reactive ketones (excluding diaryl/α,β-unsaturated/α-hetero) is 1. The van der Waals surface area contributed by atoms with Crippen LogP contribution in [0.25, 0.3) is 0 Å². The maximum Gasteiger partial charge on any atom is 0.305 e. The molecule has 1 saturated carbocycles. The van der Waals surface area contributed by atoms with E-state index in [9.17, 15) is 9.59 Å². The van der Waals surface area contributed by atoms with Crippen LogP contribution in [-0.4, -0.2) is 28.4 Å². The van der Waals surface area contributed by atoms with E-state index < -0.39 is 23.0 Å². The van der Waals surface area contributed by atoms with Crippen molar-refractivity contribution in [3.8, 4) is 0 Å². The largest absolute Gasteiger partial charge is 0.481 e. The number of carbonyl (C=O) groups is 2. The van der Waals surface area contributed by atoms with E-state index in [1.54, 1.807) is 0 Å². The van der Waals surface area contributed by atoms with Gasteiger partial charge in [-0.15, -0.1) is 0 Å². The first kappa shape index (κ1) is 15.9. The fraction of sp³-hybridized carbons (Fsp3) is 0.714. The van der Waals surface area contributed by atoms with Gasteiger partial charge in [0.1, 0.15) is 0 Å². The highest BCUT2D eigenvalue weighted by Gasteiger charge is 2.41. The normalized spacial score (nSPS) is 20.6. The maximum absolute atomic E-state index is 12.4. The Morgan fingerprint density at radius 2 is 1.89 bits per heavy atom. The molecule has 0 aromatic rings. The third-order valence-corrected chi connectivity index (χ3v) is 3.55. The monoisotopic (exact) mass is 268 g/mol. The zero-order chi connectivity index (χ0) is 14.7. The minimum Gasteiger partial charge on any atom is -0.481 e. The molecule has 1 aliphatic carbocycles. The minimum absolute atomic E-state index is 0.173. The molecule has 1 rings (SSSR count). The van der Waals surface area contributed by atoms with Gasteiger partial charge in [-0.2, -0.15) is 0 Å². The molecule has 1 atom stereocenters. The van der Waals surface area contributed by atoms with Crippen molar-refractivity contribution in [3.05, 3.63) is 12.2 Å². The molecule has 5 N–H and O–H groups in total. The summed E-state index contributed by atoms with van der Waals surface area (Å²) in [5.74, 6) is -1.22. The summed E-state index contributed by atoms with van der Waals surface area (Å²) in [5.41, 5.74) is 10.5. The lowest BCUT2D eigenvalue weighted by Gasteiger charge is -2.27. The van der Waals surface area contributed by atoms with Crippen molar-refractivity contribution in [2.45, 2.75) is 57.5 Å². The molecule has 0 aromatic heterocycles. The lowest BCUT2D eigenvalue weighted by Crippen LogP contribution is -2.43. The van der Waals surface area contributed by atoms with E-state index >= 15 is 0 Å². The summed E-state index contributed by atoms with van der Waals surface area (Å²) in [6.45, 7) is 3.71. The molecule has 1 fully saturated rings. The van der Waals surface area contributed by atoms with E-state index in [4.69, 9.17) is 16.6 Å². The zero-order valence-corrected chi connectivity index (χ0v) is 11.7. The number of hydrogen-bond donors (Lipinski definition) is 3. The van der Waals surface area contributed by atoms with E-state index in [1.807, 2.05) is 26.0 Å². The highest BCUT2D eigenvalue weighted by Crippen LogP contribution is 2.41. The van der Waals surface area contributed by atoms with Crippen molar-refractivity contribution < 1.29 is 14.7 Å². The second-order valence-electron chi connectivity index (χ2n) is 6.09. The molecule has 0 radical (unpaired) electrons. The summed E-state index contributed by atoms with van der Waals surface area (Å²) >= 11 is 0.